The number of allylic oxidation sites excluding steroid dienone is 3. The van der Waals surface area contributed by atoms with Gasteiger partial charge in [-0.25, -0.2) is 0 Å². The highest BCUT2D eigenvalue weighted by molar-refractivity contribution is 5.97. The SMILES string of the molecule is CCCC1(CCC)C=C(NC(=O)c2c(C)nn(C)c2C)C(C)(C)C=C1c1ccccc1C(C(F)(F)F)C(F)(F)F. The molecule has 4 nitrogen and oxygen atoms in total. The topological polar surface area (TPSA) is 46.9 Å². The normalized spacial score (nSPS) is 17.1. The molecule has 1 aromatic heterocycles. The van der Waals surface area contributed by atoms with Crippen LogP contribution in [0.4, 0.5) is 26.3 Å². The van der Waals surface area contributed by atoms with Gasteiger partial charge in [0.15, 0.2) is 5.92 Å². The monoisotopic (exact) mass is 569 g/mol. The Morgan fingerprint density at radius 2 is 1.52 bits per heavy atom. The van der Waals surface area contributed by atoms with Crippen molar-refractivity contribution in [1.82, 2.24) is 15.1 Å². The highest BCUT2D eigenvalue weighted by Crippen LogP contribution is 2.55. The number of hydrogen-bond acceptors (Lipinski definition) is 2. The number of alkyl halides is 6. The number of nitrogens with zero attached hydrogens (tertiary/aromatic N) is 2. The Hall–Kier alpha value is -3.04. The lowest BCUT2D eigenvalue weighted by molar-refractivity contribution is -0.253. The van der Waals surface area contributed by atoms with Crippen molar-refractivity contribution in [3.05, 3.63) is 70.2 Å². The minimum absolute atomic E-state index is 0.0716. The minimum Gasteiger partial charge on any atom is -0.325 e. The first-order valence-electron chi connectivity index (χ1n) is 13.4. The lowest BCUT2D eigenvalue weighted by Crippen LogP contribution is -2.38. The van der Waals surface area contributed by atoms with Gasteiger partial charge in [-0.05, 0) is 43.4 Å². The van der Waals surface area contributed by atoms with E-state index in [1.807, 2.05) is 19.9 Å². The lowest BCUT2D eigenvalue weighted by Gasteiger charge is -2.43. The average Bonchev–Trinajstić information content (AvgIpc) is 3.06. The number of aromatic nitrogens is 2. The van der Waals surface area contributed by atoms with E-state index in [4.69, 9.17) is 0 Å². The maximum atomic E-state index is 13.9. The molecule has 0 radical (unpaired) electrons. The van der Waals surface area contributed by atoms with Gasteiger partial charge < -0.3 is 5.32 Å². The third-order valence-corrected chi connectivity index (χ3v) is 7.75. The Bertz CT molecular complexity index is 1290. The van der Waals surface area contributed by atoms with Crippen molar-refractivity contribution >= 4 is 11.5 Å². The molecule has 0 unspecified atom stereocenters. The summed E-state index contributed by atoms with van der Waals surface area (Å²) in [6.07, 6.45) is -5.24. The van der Waals surface area contributed by atoms with Crippen LogP contribution in [-0.2, 0) is 7.05 Å². The molecule has 40 heavy (non-hydrogen) atoms. The van der Waals surface area contributed by atoms with E-state index in [-0.39, 0.29) is 11.5 Å². The first kappa shape index (κ1) is 31.5. The van der Waals surface area contributed by atoms with Crippen molar-refractivity contribution in [2.75, 3.05) is 0 Å². The second-order valence-corrected chi connectivity index (χ2v) is 11.2. The Balaban J connectivity index is 2.24. The van der Waals surface area contributed by atoms with Crippen LogP contribution in [0, 0.1) is 24.7 Å². The zero-order chi connectivity index (χ0) is 30.3. The van der Waals surface area contributed by atoms with Crippen LogP contribution in [0.1, 0.15) is 92.2 Å². The molecule has 1 aromatic carbocycles. The maximum Gasteiger partial charge on any atom is 0.404 e. The van der Waals surface area contributed by atoms with Crippen LogP contribution in [0.25, 0.3) is 5.57 Å². The second kappa shape index (κ2) is 11.1. The van der Waals surface area contributed by atoms with Crippen LogP contribution in [0.3, 0.4) is 0 Å². The molecule has 1 amide bonds. The van der Waals surface area contributed by atoms with Gasteiger partial charge in [0.2, 0.25) is 0 Å². The number of hydrogen-bond donors (Lipinski definition) is 1. The molecule has 3 rings (SSSR count). The van der Waals surface area contributed by atoms with E-state index in [9.17, 15) is 31.1 Å². The molecule has 0 atom stereocenters. The molecule has 1 aliphatic rings. The van der Waals surface area contributed by atoms with E-state index < -0.39 is 34.7 Å². The number of aryl methyl sites for hydroxylation is 2. The molecule has 1 N–H and O–H groups in total. The van der Waals surface area contributed by atoms with E-state index >= 15 is 0 Å². The predicted molar refractivity (Wildman–Crippen MR) is 144 cm³/mol. The van der Waals surface area contributed by atoms with Crippen LogP contribution in [0.5, 0.6) is 0 Å². The lowest BCUT2D eigenvalue weighted by atomic mass is 9.62. The van der Waals surface area contributed by atoms with Gasteiger partial charge >= 0.3 is 12.4 Å². The van der Waals surface area contributed by atoms with Crippen LogP contribution in [0.2, 0.25) is 0 Å². The van der Waals surface area contributed by atoms with Gasteiger partial charge in [-0.1, -0.05) is 77.0 Å². The molecule has 0 aliphatic heterocycles. The zero-order valence-corrected chi connectivity index (χ0v) is 23.9. The van der Waals surface area contributed by atoms with Crippen molar-refractivity contribution in [3.8, 4) is 0 Å². The number of amides is 1. The van der Waals surface area contributed by atoms with Crippen molar-refractivity contribution in [2.45, 2.75) is 85.5 Å². The van der Waals surface area contributed by atoms with Gasteiger partial charge in [-0.15, -0.1) is 0 Å². The molecule has 0 bridgehead atoms. The quantitative estimate of drug-likeness (QED) is 0.324. The highest BCUT2D eigenvalue weighted by atomic mass is 19.4. The molecule has 0 spiro atoms. The Kier molecular flexibility index (Phi) is 8.73. The summed E-state index contributed by atoms with van der Waals surface area (Å²) in [6, 6.07) is 4.95. The fourth-order valence-electron chi connectivity index (χ4n) is 5.92. The number of benzene rings is 1. The van der Waals surface area contributed by atoms with Crippen molar-refractivity contribution in [3.63, 3.8) is 0 Å². The number of rotatable bonds is 8. The number of carbonyl (C=O) groups is 1. The van der Waals surface area contributed by atoms with E-state index in [1.165, 1.54) is 18.2 Å². The van der Waals surface area contributed by atoms with Crippen LogP contribution < -0.4 is 5.32 Å². The number of nitrogens with one attached hydrogen (secondary N) is 1. The van der Waals surface area contributed by atoms with E-state index in [2.05, 4.69) is 10.4 Å². The van der Waals surface area contributed by atoms with Gasteiger partial charge in [-0.2, -0.15) is 31.4 Å². The molecule has 0 fully saturated rings. The zero-order valence-electron chi connectivity index (χ0n) is 23.9. The Morgan fingerprint density at radius 3 is 2.00 bits per heavy atom. The first-order chi connectivity index (χ1) is 18.4. The molecular formula is C30H37F6N3O. The summed E-state index contributed by atoms with van der Waals surface area (Å²) in [4.78, 5) is 13.4. The maximum absolute atomic E-state index is 13.9. The van der Waals surface area contributed by atoms with Crippen LogP contribution in [0.15, 0.2) is 42.1 Å². The van der Waals surface area contributed by atoms with Gasteiger partial charge in [0, 0.05) is 29.3 Å². The molecule has 0 saturated carbocycles. The summed E-state index contributed by atoms with van der Waals surface area (Å²) in [5, 5.41) is 7.32. The van der Waals surface area contributed by atoms with Crippen LogP contribution in [-0.4, -0.2) is 28.0 Å². The Morgan fingerprint density at radius 1 is 0.975 bits per heavy atom. The third-order valence-electron chi connectivity index (χ3n) is 7.75. The molecule has 1 aliphatic carbocycles. The van der Waals surface area contributed by atoms with E-state index in [1.54, 1.807) is 45.5 Å². The number of halogens is 6. The van der Waals surface area contributed by atoms with Gasteiger partial charge in [0.25, 0.3) is 5.91 Å². The van der Waals surface area contributed by atoms with Gasteiger partial charge in [0.05, 0.1) is 11.3 Å². The largest absolute Gasteiger partial charge is 0.404 e. The molecule has 1 heterocycles. The van der Waals surface area contributed by atoms with E-state index in [0.29, 0.717) is 53.9 Å². The molecule has 220 valence electrons. The van der Waals surface area contributed by atoms with Crippen LogP contribution >= 0.6 is 0 Å². The summed E-state index contributed by atoms with van der Waals surface area (Å²) in [7, 11) is 1.73. The molecule has 0 saturated heterocycles. The molecular weight excluding hydrogens is 532 g/mol. The standard InChI is InChI=1S/C30H37F6N3O/c1-8-14-28(15-9-2)17-23(37-26(40)24-18(3)38-39(7)19(24)4)27(5,6)16-22(28)20-12-10-11-13-21(20)25(29(31,32)33)30(34,35)36/h10-13,16-17,25H,8-9,14-15H2,1-7H3,(H,37,40). The summed E-state index contributed by atoms with van der Waals surface area (Å²) in [5.74, 6) is -3.99. The van der Waals surface area contributed by atoms with E-state index in [0.717, 1.165) is 6.07 Å². The predicted octanol–water partition coefficient (Wildman–Crippen LogP) is 8.57. The average molecular weight is 570 g/mol. The van der Waals surface area contributed by atoms with Crippen molar-refractivity contribution in [1.29, 1.82) is 0 Å². The fourth-order valence-corrected chi connectivity index (χ4v) is 5.92. The molecule has 10 heteroatoms. The summed E-state index contributed by atoms with van der Waals surface area (Å²) in [6.45, 7) is 10.9. The fraction of sp³-hybridized carbons (Fsp3) is 0.533. The summed E-state index contributed by atoms with van der Waals surface area (Å²) >= 11 is 0. The highest BCUT2D eigenvalue weighted by Gasteiger charge is 2.58. The van der Waals surface area contributed by atoms with Gasteiger partial charge in [0.1, 0.15) is 0 Å². The van der Waals surface area contributed by atoms with Gasteiger partial charge in [-0.3, -0.25) is 9.48 Å². The van der Waals surface area contributed by atoms with Crippen molar-refractivity contribution in [2.24, 2.45) is 17.9 Å². The smallest absolute Gasteiger partial charge is 0.325 e. The van der Waals surface area contributed by atoms with Crippen molar-refractivity contribution < 1.29 is 31.1 Å². The third kappa shape index (κ3) is 6.00. The Labute approximate surface area is 231 Å². The summed E-state index contributed by atoms with van der Waals surface area (Å²) in [5.41, 5.74) is -0.0648. The molecule has 2 aromatic rings. The summed E-state index contributed by atoms with van der Waals surface area (Å²) < 4.78 is 85.1. The minimum atomic E-state index is -5.52. The second-order valence-electron chi connectivity index (χ2n) is 11.2. The number of carbonyl (C=O) groups excluding carboxylic acids is 1. The first-order valence-corrected chi connectivity index (χ1v) is 13.4.